The molecule has 7 N–H and O–H groups in total. The Morgan fingerprint density at radius 3 is 1.69 bits per heavy atom. The Labute approximate surface area is 352 Å². The number of ether oxygens (including phenoxy) is 6. The van der Waals surface area contributed by atoms with E-state index >= 15 is 0 Å². The molecule has 59 heavy (non-hydrogen) atoms. The summed E-state index contributed by atoms with van der Waals surface area (Å²) in [6.45, 7) is 3.35. The van der Waals surface area contributed by atoms with Gasteiger partial charge in [0.2, 0.25) is 0 Å². The van der Waals surface area contributed by atoms with Crippen molar-refractivity contribution in [2.24, 2.45) is 0 Å². The molecule has 14 heteroatoms. The number of rotatable bonds is 33. The van der Waals surface area contributed by atoms with E-state index in [1.54, 1.807) is 0 Å². The van der Waals surface area contributed by atoms with Crippen molar-refractivity contribution in [2.75, 3.05) is 33.0 Å². The summed E-state index contributed by atoms with van der Waals surface area (Å²) in [6.07, 6.45) is 20.0. The number of hydrogen-bond acceptors (Lipinski definition) is 14. The van der Waals surface area contributed by atoms with Gasteiger partial charge in [0.1, 0.15) is 54.9 Å². The molecule has 2 aliphatic heterocycles. The van der Waals surface area contributed by atoms with Crippen LogP contribution in [0, 0.1) is 0 Å². The van der Waals surface area contributed by atoms with Gasteiger partial charge in [0.25, 0.3) is 0 Å². The number of hydrogen-bond donors (Lipinski definition) is 7. The fourth-order valence-corrected chi connectivity index (χ4v) is 6.69. The first-order valence-electron chi connectivity index (χ1n) is 22.2. The van der Waals surface area contributed by atoms with E-state index in [1.165, 1.54) is 38.5 Å². The molecule has 0 saturated carbocycles. The van der Waals surface area contributed by atoms with Gasteiger partial charge in [0.15, 0.2) is 12.6 Å². The minimum Gasteiger partial charge on any atom is -0.457 e. The van der Waals surface area contributed by atoms with Gasteiger partial charge >= 0.3 is 5.97 Å². The van der Waals surface area contributed by atoms with Crippen LogP contribution < -0.4 is 0 Å². The first kappa shape index (κ1) is 53.1. The van der Waals surface area contributed by atoms with Crippen molar-refractivity contribution in [1.82, 2.24) is 0 Å². The summed E-state index contributed by atoms with van der Waals surface area (Å²) in [4.78, 5) is 12.6. The fourth-order valence-electron chi connectivity index (χ4n) is 6.69. The number of carbonyl (C=O) groups is 1. The molecule has 2 fully saturated rings. The van der Waals surface area contributed by atoms with Gasteiger partial charge < -0.3 is 64.2 Å². The molecule has 2 rings (SSSR count). The van der Waals surface area contributed by atoms with Crippen LogP contribution in [0.15, 0.2) is 48.6 Å². The smallest absolute Gasteiger partial charge is 0.306 e. The molecule has 11 unspecified atom stereocenters. The lowest BCUT2D eigenvalue weighted by molar-refractivity contribution is -0.332. The predicted octanol–water partition coefficient (Wildman–Crippen LogP) is 4.84. The fraction of sp³-hybridized carbons (Fsp3) is 0.800. The van der Waals surface area contributed by atoms with Crippen molar-refractivity contribution in [3.63, 3.8) is 0 Å². The maximum atomic E-state index is 12.6. The van der Waals surface area contributed by atoms with Crippen molar-refractivity contribution < 1.29 is 69.0 Å². The minimum absolute atomic E-state index is 0.0536. The van der Waals surface area contributed by atoms with Crippen LogP contribution in [0.5, 0.6) is 0 Å². The van der Waals surface area contributed by atoms with Crippen LogP contribution in [0.3, 0.4) is 0 Å². The van der Waals surface area contributed by atoms with Gasteiger partial charge in [0.05, 0.1) is 26.4 Å². The number of aliphatic hydroxyl groups excluding tert-OH is 7. The summed E-state index contributed by atoms with van der Waals surface area (Å²) >= 11 is 0. The standard InChI is InChI=1S/C45H78O14/c1-3-5-7-8-9-10-11-12-13-14-15-16-17-18-19-20-21-22-23-24-25-27-29-54-31-34(57-37(47)28-26-6-4-2)32-55-44-43(53)41(51)39(49)36(59-44)33-56-45-42(52)40(50)38(48)35(30-46)58-45/h5,7,9-10,12-13,15-16,34-36,38-46,48-53H,3-4,6,8,11,14,17-33H2,1-2H3/b7-5-,10-9-,13-12-,16-15-. The van der Waals surface area contributed by atoms with Crippen LogP contribution in [-0.4, -0.2) is 142 Å². The molecule has 0 aromatic rings. The monoisotopic (exact) mass is 843 g/mol. The Morgan fingerprint density at radius 1 is 0.576 bits per heavy atom. The van der Waals surface area contributed by atoms with E-state index in [-0.39, 0.29) is 19.6 Å². The largest absolute Gasteiger partial charge is 0.457 e. The SMILES string of the molecule is CC/C=C\C/C=C\C/C=C\C/C=C\CCCCCCCCCCCOCC(COC1OC(COC2OC(CO)C(O)C(O)C2O)C(O)C(O)C1O)OC(=O)CCCCC. The van der Waals surface area contributed by atoms with E-state index in [9.17, 15) is 40.5 Å². The number of esters is 1. The summed E-state index contributed by atoms with van der Waals surface area (Å²) in [6, 6.07) is 0. The molecule has 0 radical (unpaired) electrons. The van der Waals surface area contributed by atoms with E-state index < -0.39 is 86.7 Å². The van der Waals surface area contributed by atoms with Gasteiger partial charge in [-0.1, -0.05) is 120 Å². The third kappa shape index (κ3) is 22.6. The van der Waals surface area contributed by atoms with Crippen molar-refractivity contribution >= 4 is 5.97 Å². The summed E-state index contributed by atoms with van der Waals surface area (Å²) in [5, 5.41) is 71.5. The van der Waals surface area contributed by atoms with Crippen molar-refractivity contribution in [1.29, 1.82) is 0 Å². The van der Waals surface area contributed by atoms with Crippen LogP contribution in [0.25, 0.3) is 0 Å². The molecule has 0 amide bonds. The van der Waals surface area contributed by atoms with Crippen molar-refractivity contribution in [2.45, 2.75) is 197 Å². The van der Waals surface area contributed by atoms with Gasteiger partial charge in [-0.2, -0.15) is 0 Å². The van der Waals surface area contributed by atoms with Crippen molar-refractivity contribution in [3.05, 3.63) is 48.6 Å². The number of carbonyl (C=O) groups excluding carboxylic acids is 1. The highest BCUT2D eigenvalue weighted by molar-refractivity contribution is 5.69. The quantitative estimate of drug-likeness (QED) is 0.0268. The van der Waals surface area contributed by atoms with Crippen LogP contribution in [0.1, 0.15) is 129 Å². The lowest BCUT2D eigenvalue weighted by Gasteiger charge is -2.42. The Kier molecular flexibility index (Phi) is 30.2. The van der Waals surface area contributed by atoms with Gasteiger partial charge in [0, 0.05) is 13.0 Å². The number of allylic oxidation sites excluding steroid dienone is 8. The molecule has 2 saturated heterocycles. The molecule has 14 nitrogen and oxygen atoms in total. The molecular formula is C45H78O14. The van der Waals surface area contributed by atoms with Gasteiger partial charge in [-0.3, -0.25) is 4.79 Å². The molecule has 0 aromatic heterocycles. The molecule has 0 bridgehead atoms. The average Bonchev–Trinajstić information content (AvgIpc) is 3.23. The summed E-state index contributed by atoms with van der Waals surface area (Å²) in [7, 11) is 0. The second kappa shape index (κ2) is 33.6. The summed E-state index contributed by atoms with van der Waals surface area (Å²) in [5.41, 5.74) is 0. The molecule has 2 heterocycles. The second-order valence-corrected chi connectivity index (χ2v) is 15.5. The molecular weight excluding hydrogens is 764 g/mol. The van der Waals surface area contributed by atoms with E-state index in [4.69, 9.17) is 28.4 Å². The highest BCUT2D eigenvalue weighted by Gasteiger charge is 2.47. The lowest BCUT2D eigenvalue weighted by atomic mass is 9.98. The topological polar surface area (TPSA) is 214 Å². The summed E-state index contributed by atoms with van der Waals surface area (Å²) in [5.74, 6) is -0.406. The third-order valence-electron chi connectivity index (χ3n) is 10.4. The van der Waals surface area contributed by atoms with Crippen LogP contribution in [0.4, 0.5) is 0 Å². The first-order valence-corrected chi connectivity index (χ1v) is 22.2. The normalized spacial score (nSPS) is 28.4. The van der Waals surface area contributed by atoms with Gasteiger partial charge in [-0.25, -0.2) is 0 Å². The van der Waals surface area contributed by atoms with Crippen LogP contribution in [-0.2, 0) is 33.2 Å². The second-order valence-electron chi connectivity index (χ2n) is 15.5. The predicted molar refractivity (Wildman–Crippen MR) is 224 cm³/mol. The molecule has 2 aliphatic rings. The van der Waals surface area contributed by atoms with E-state index in [0.717, 1.165) is 64.2 Å². The Morgan fingerprint density at radius 2 is 1.10 bits per heavy atom. The molecule has 342 valence electrons. The number of unbranched alkanes of at least 4 members (excludes halogenated alkanes) is 11. The molecule has 0 spiro atoms. The Bertz CT molecular complexity index is 1160. The average molecular weight is 843 g/mol. The Balaban J connectivity index is 1.65. The zero-order chi connectivity index (χ0) is 43.1. The maximum Gasteiger partial charge on any atom is 0.306 e. The molecule has 0 aliphatic carbocycles. The maximum absolute atomic E-state index is 12.6. The number of aliphatic hydroxyl groups is 7. The lowest BCUT2D eigenvalue weighted by Crippen LogP contribution is -2.61. The Hall–Kier alpha value is -2.05. The zero-order valence-corrected chi connectivity index (χ0v) is 35.7. The van der Waals surface area contributed by atoms with E-state index in [0.29, 0.717) is 13.0 Å². The highest BCUT2D eigenvalue weighted by atomic mass is 16.7. The highest BCUT2D eigenvalue weighted by Crippen LogP contribution is 2.26. The van der Waals surface area contributed by atoms with E-state index in [2.05, 4.69) is 55.5 Å². The van der Waals surface area contributed by atoms with Gasteiger partial charge in [-0.15, -0.1) is 0 Å². The van der Waals surface area contributed by atoms with Crippen molar-refractivity contribution in [3.8, 4) is 0 Å². The third-order valence-corrected chi connectivity index (χ3v) is 10.4. The van der Waals surface area contributed by atoms with Crippen LogP contribution >= 0.6 is 0 Å². The van der Waals surface area contributed by atoms with Gasteiger partial charge in [-0.05, 0) is 51.4 Å². The molecule has 0 aromatic carbocycles. The van der Waals surface area contributed by atoms with E-state index in [1.807, 2.05) is 6.92 Å². The molecule has 11 atom stereocenters. The zero-order valence-electron chi connectivity index (χ0n) is 35.7. The minimum atomic E-state index is -1.70. The first-order chi connectivity index (χ1) is 28.6. The summed E-state index contributed by atoms with van der Waals surface area (Å²) < 4.78 is 33.8. The van der Waals surface area contributed by atoms with Crippen LogP contribution in [0.2, 0.25) is 0 Å².